The van der Waals surface area contributed by atoms with Crippen LogP contribution in [-0.2, 0) is 4.74 Å². The van der Waals surface area contributed by atoms with E-state index in [-0.39, 0.29) is 6.10 Å². The first kappa shape index (κ1) is 15.8. The van der Waals surface area contributed by atoms with Crippen LogP contribution in [0.3, 0.4) is 0 Å². The monoisotopic (exact) mass is 341 g/mol. The number of benzene rings is 1. The maximum atomic E-state index is 6.17. The zero-order chi connectivity index (χ0) is 14.4. The normalized spacial score (nSPS) is 20.6. The lowest BCUT2D eigenvalue weighted by atomic mass is 10.1. The van der Waals surface area contributed by atoms with E-state index < -0.39 is 0 Å². The maximum Gasteiger partial charge on any atom is 0.125 e. The summed E-state index contributed by atoms with van der Waals surface area (Å²) < 4.78 is 12.7. The molecule has 0 aliphatic carbocycles. The highest BCUT2D eigenvalue weighted by Gasteiger charge is 2.19. The third-order valence-corrected chi connectivity index (χ3v) is 4.05. The lowest BCUT2D eigenvalue weighted by molar-refractivity contribution is 0.00684. The largest absolute Gasteiger partial charge is 0.488 e. The molecule has 1 N–H and O–H groups in total. The number of hydrogen-bond acceptors (Lipinski definition) is 3. The van der Waals surface area contributed by atoms with Crippen molar-refractivity contribution in [3.05, 3.63) is 28.2 Å². The van der Waals surface area contributed by atoms with E-state index >= 15 is 0 Å². The molecule has 0 amide bonds. The lowest BCUT2D eigenvalue weighted by Crippen LogP contribution is -2.29. The first-order valence-corrected chi connectivity index (χ1v) is 8.27. The Labute approximate surface area is 130 Å². The molecular weight excluding hydrogens is 318 g/mol. The molecule has 0 radical (unpaired) electrons. The Bertz CT molecular complexity index is 419. The molecule has 0 bridgehead atoms. The van der Waals surface area contributed by atoms with Crippen LogP contribution in [0.4, 0.5) is 0 Å². The van der Waals surface area contributed by atoms with Gasteiger partial charge in [-0.15, -0.1) is 0 Å². The molecule has 4 heteroatoms. The van der Waals surface area contributed by atoms with Gasteiger partial charge >= 0.3 is 0 Å². The van der Waals surface area contributed by atoms with E-state index in [0.717, 1.165) is 42.6 Å². The van der Waals surface area contributed by atoms with Gasteiger partial charge in [0.25, 0.3) is 0 Å². The average molecular weight is 342 g/mol. The van der Waals surface area contributed by atoms with Crippen LogP contribution in [0.15, 0.2) is 22.7 Å². The molecule has 2 unspecified atom stereocenters. The minimum absolute atomic E-state index is 0.176. The Morgan fingerprint density at radius 1 is 1.50 bits per heavy atom. The molecule has 1 aliphatic rings. The van der Waals surface area contributed by atoms with Gasteiger partial charge < -0.3 is 14.8 Å². The van der Waals surface area contributed by atoms with E-state index in [1.807, 2.05) is 0 Å². The molecule has 1 aliphatic heterocycles. The van der Waals surface area contributed by atoms with Gasteiger partial charge in [-0.05, 0) is 44.9 Å². The van der Waals surface area contributed by atoms with Crippen LogP contribution in [0.25, 0.3) is 0 Å². The van der Waals surface area contributed by atoms with Crippen LogP contribution in [-0.4, -0.2) is 25.9 Å². The van der Waals surface area contributed by atoms with Crippen molar-refractivity contribution in [2.75, 3.05) is 19.8 Å². The van der Waals surface area contributed by atoms with Crippen molar-refractivity contribution >= 4 is 15.9 Å². The van der Waals surface area contributed by atoms with Crippen molar-refractivity contribution in [3.63, 3.8) is 0 Å². The SMILES string of the molecule is CCCNC(C)c1ccc(Br)cc1OC1CCCOC1. The van der Waals surface area contributed by atoms with Crippen molar-refractivity contribution < 1.29 is 9.47 Å². The van der Waals surface area contributed by atoms with E-state index in [1.54, 1.807) is 0 Å². The number of halogens is 1. The summed E-state index contributed by atoms with van der Waals surface area (Å²) in [7, 11) is 0. The molecule has 0 aromatic heterocycles. The third kappa shape index (κ3) is 4.47. The Balaban J connectivity index is 2.10. The molecule has 0 saturated carbocycles. The third-order valence-electron chi connectivity index (χ3n) is 3.55. The van der Waals surface area contributed by atoms with E-state index in [9.17, 15) is 0 Å². The molecule has 0 spiro atoms. The minimum atomic E-state index is 0.176. The highest BCUT2D eigenvalue weighted by atomic mass is 79.9. The fraction of sp³-hybridized carbons (Fsp3) is 0.625. The summed E-state index contributed by atoms with van der Waals surface area (Å²) in [6.07, 6.45) is 3.46. The van der Waals surface area contributed by atoms with Gasteiger partial charge in [0.2, 0.25) is 0 Å². The first-order chi connectivity index (χ1) is 9.70. The number of nitrogens with one attached hydrogen (secondary N) is 1. The molecule has 2 atom stereocenters. The van der Waals surface area contributed by atoms with Crippen molar-refractivity contribution in [2.45, 2.75) is 45.3 Å². The van der Waals surface area contributed by atoms with Crippen LogP contribution < -0.4 is 10.1 Å². The molecular formula is C16H24BrNO2. The molecule has 1 heterocycles. The standard InChI is InChI=1S/C16H24BrNO2/c1-3-8-18-12(2)15-7-6-13(17)10-16(15)20-14-5-4-9-19-11-14/h6-7,10,12,14,18H,3-5,8-9,11H2,1-2H3. The van der Waals surface area contributed by atoms with Crippen LogP contribution in [0.1, 0.15) is 44.7 Å². The summed E-state index contributed by atoms with van der Waals surface area (Å²) in [5, 5.41) is 3.52. The lowest BCUT2D eigenvalue weighted by Gasteiger charge is -2.26. The first-order valence-electron chi connectivity index (χ1n) is 7.48. The Hall–Kier alpha value is -0.580. The topological polar surface area (TPSA) is 30.5 Å². The van der Waals surface area contributed by atoms with Crippen LogP contribution in [0.5, 0.6) is 5.75 Å². The van der Waals surface area contributed by atoms with Gasteiger partial charge in [-0.25, -0.2) is 0 Å². The van der Waals surface area contributed by atoms with Crippen molar-refractivity contribution in [1.29, 1.82) is 0 Å². The van der Waals surface area contributed by atoms with Crippen LogP contribution in [0.2, 0.25) is 0 Å². The van der Waals surface area contributed by atoms with E-state index in [0.29, 0.717) is 12.6 Å². The molecule has 1 fully saturated rings. The van der Waals surface area contributed by atoms with Crippen molar-refractivity contribution in [2.24, 2.45) is 0 Å². The second kappa shape index (κ2) is 8.01. The highest BCUT2D eigenvalue weighted by molar-refractivity contribution is 9.10. The molecule has 1 saturated heterocycles. The molecule has 112 valence electrons. The van der Waals surface area contributed by atoms with Gasteiger partial charge in [0.05, 0.1) is 6.61 Å². The summed E-state index contributed by atoms with van der Waals surface area (Å²) in [6.45, 7) is 6.94. The van der Waals surface area contributed by atoms with Crippen LogP contribution >= 0.6 is 15.9 Å². The molecule has 3 nitrogen and oxygen atoms in total. The van der Waals surface area contributed by atoms with Crippen molar-refractivity contribution in [1.82, 2.24) is 5.32 Å². The Kier molecular flexibility index (Phi) is 6.33. The predicted octanol–water partition coefficient (Wildman–Crippen LogP) is 4.07. The summed E-state index contributed by atoms with van der Waals surface area (Å²) in [4.78, 5) is 0. The quantitative estimate of drug-likeness (QED) is 0.845. The summed E-state index contributed by atoms with van der Waals surface area (Å²) in [5.74, 6) is 0.964. The Morgan fingerprint density at radius 2 is 2.35 bits per heavy atom. The Morgan fingerprint density at radius 3 is 3.05 bits per heavy atom. The number of rotatable bonds is 6. The molecule has 2 rings (SSSR count). The van der Waals surface area contributed by atoms with E-state index in [2.05, 4.69) is 53.3 Å². The summed E-state index contributed by atoms with van der Waals surface area (Å²) >= 11 is 3.53. The average Bonchev–Trinajstić information content (AvgIpc) is 2.46. The predicted molar refractivity (Wildman–Crippen MR) is 85.3 cm³/mol. The fourth-order valence-corrected chi connectivity index (χ4v) is 2.76. The van der Waals surface area contributed by atoms with Gasteiger partial charge in [-0.2, -0.15) is 0 Å². The molecule has 1 aromatic rings. The highest BCUT2D eigenvalue weighted by Crippen LogP contribution is 2.30. The number of ether oxygens (including phenoxy) is 2. The van der Waals surface area contributed by atoms with Gasteiger partial charge in [0, 0.05) is 22.7 Å². The second-order valence-electron chi connectivity index (χ2n) is 5.31. The van der Waals surface area contributed by atoms with E-state index in [4.69, 9.17) is 9.47 Å². The molecule has 20 heavy (non-hydrogen) atoms. The zero-order valence-electron chi connectivity index (χ0n) is 12.3. The summed E-state index contributed by atoms with van der Waals surface area (Å²) in [5.41, 5.74) is 1.22. The van der Waals surface area contributed by atoms with Gasteiger partial charge in [0.1, 0.15) is 11.9 Å². The van der Waals surface area contributed by atoms with Crippen LogP contribution in [0, 0.1) is 0 Å². The minimum Gasteiger partial charge on any atom is -0.488 e. The zero-order valence-corrected chi connectivity index (χ0v) is 13.9. The summed E-state index contributed by atoms with van der Waals surface area (Å²) in [6, 6.07) is 6.57. The van der Waals surface area contributed by atoms with Crippen molar-refractivity contribution in [3.8, 4) is 5.75 Å². The van der Waals surface area contributed by atoms with Gasteiger partial charge in [-0.1, -0.05) is 28.9 Å². The maximum absolute atomic E-state index is 6.17. The van der Waals surface area contributed by atoms with Gasteiger partial charge in [-0.3, -0.25) is 0 Å². The molecule has 1 aromatic carbocycles. The number of hydrogen-bond donors (Lipinski definition) is 1. The van der Waals surface area contributed by atoms with E-state index in [1.165, 1.54) is 5.56 Å². The van der Waals surface area contributed by atoms with Gasteiger partial charge in [0.15, 0.2) is 0 Å². The smallest absolute Gasteiger partial charge is 0.125 e. The fourth-order valence-electron chi connectivity index (χ4n) is 2.42. The second-order valence-corrected chi connectivity index (χ2v) is 6.23.